The summed E-state index contributed by atoms with van der Waals surface area (Å²) in [4.78, 5) is 4.25. The lowest BCUT2D eigenvalue weighted by Gasteiger charge is -2.08. The molecule has 1 N–H and O–H groups in total. The number of hydrogen-bond acceptors (Lipinski definition) is 6. The van der Waals surface area contributed by atoms with Gasteiger partial charge in [-0.1, -0.05) is 18.2 Å². The highest BCUT2D eigenvalue weighted by atomic mass is 16.5. The molecule has 0 aliphatic heterocycles. The summed E-state index contributed by atoms with van der Waals surface area (Å²) in [6.07, 6.45) is 2.46. The fourth-order valence-electron chi connectivity index (χ4n) is 2.68. The predicted octanol–water partition coefficient (Wildman–Crippen LogP) is 4.86. The molecule has 0 amide bonds. The van der Waals surface area contributed by atoms with Gasteiger partial charge in [-0.25, -0.2) is 4.98 Å². The molecule has 28 heavy (non-hydrogen) atoms. The third-order valence-electron chi connectivity index (χ3n) is 4.06. The van der Waals surface area contributed by atoms with E-state index in [1.807, 2.05) is 66.7 Å². The second-order valence-corrected chi connectivity index (χ2v) is 6.09. The van der Waals surface area contributed by atoms with E-state index in [4.69, 9.17) is 14.0 Å². The van der Waals surface area contributed by atoms with E-state index in [2.05, 4.69) is 10.1 Å². The number of aromatic hydroxyl groups is 1. The lowest BCUT2D eigenvalue weighted by atomic mass is 10.1. The number of ether oxygens (including phenoxy) is 2. The Morgan fingerprint density at radius 3 is 2.46 bits per heavy atom. The fraction of sp³-hybridized carbons (Fsp3) is 0.0909. The molecule has 2 aromatic carbocycles. The Hall–Kier alpha value is -3.80. The molecule has 0 fully saturated rings. The second-order valence-electron chi connectivity index (χ2n) is 6.09. The zero-order valence-corrected chi connectivity index (χ0v) is 15.0. The molecule has 0 spiro atoms. The summed E-state index contributed by atoms with van der Waals surface area (Å²) >= 11 is 0. The minimum Gasteiger partial charge on any atom is -0.493 e. The first kappa shape index (κ1) is 17.6. The molecule has 0 saturated carbocycles. The lowest BCUT2D eigenvalue weighted by molar-refractivity contribution is 0.321. The highest BCUT2D eigenvalue weighted by Crippen LogP contribution is 2.25. The maximum Gasteiger partial charge on any atom is 0.252 e. The average Bonchev–Trinajstić information content (AvgIpc) is 3.16. The first-order valence-electron chi connectivity index (χ1n) is 8.83. The second kappa shape index (κ2) is 8.26. The Bertz CT molecular complexity index is 1030. The highest BCUT2D eigenvalue weighted by Gasteiger charge is 2.06. The van der Waals surface area contributed by atoms with Crippen molar-refractivity contribution in [3.63, 3.8) is 0 Å². The van der Waals surface area contributed by atoms with Gasteiger partial charge in [0.2, 0.25) is 5.88 Å². The van der Waals surface area contributed by atoms with Gasteiger partial charge in [-0.3, -0.25) is 0 Å². The largest absolute Gasteiger partial charge is 0.493 e. The van der Waals surface area contributed by atoms with Gasteiger partial charge in [-0.05, 0) is 53.2 Å². The van der Waals surface area contributed by atoms with Gasteiger partial charge in [-0.15, -0.1) is 0 Å². The van der Waals surface area contributed by atoms with E-state index in [0.717, 1.165) is 29.0 Å². The van der Waals surface area contributed by atoms with Gasteiger partial charge in [0.1, 0.15) is 11.5 Å². The van der Waals surface area contributed by atoms with E-state index in [0.29, 0.717) is 18.2 Å². The third kappa shape index (κ3) is 4.48. The van der Waals surface area contributed by atoms with Crippen LogP contribution in [0.15, 0.2) is 83.5 Å². The molecule has 0 aliphatic carbocycles. The number of hydrogen-bond donors (Lipinski definition) is 1. The van der Waals surface area contributed by atoms with Crippen LogP contribution in [0, 0.1) is 0 Å². The van der Waals surface area contributed by atoms with Crippen LogP contribution in [0.1, 0.15) is 5.56 Å². The molecule has 0 saturated heterocycles. The molecule has 4 rings (SSSR count). The summed E-state index contributed by atoms with van der Waals surface area (Å²) in [5, 5.41) is 12.7. The smallest absolute Gasteiger partial charge is 0.252 e. The number of nitrogens with zero attached hydrogens (tertiary/aromatic N) is 2. The van der Waals surface area contributed by atoms with Gasteiger partial charge in [0.15, 0.2) is 5.76 Å². The van der Waals surface area contributed by atoms with Crippen molar-refractivity contribution in [2.75, 3.05) is 6.61 Å². The molecule has 0 aliphatic rings. The van der Waals surface area contributed by atoms with E-state index in [1.54, 1.807) is 6.20 Å². The lowest BCUT2D eigenvalue weighted by Crippen LogP contribution is -2.01. The van der Waals surface area contributed by atoms with Crippen LogP contribution in [-0.2, 0) is 6.42 Å². The van der Waals surface area contributed by atoms with Crippen LogP contribution < -0.4 is 9.47 Å². The molecule has 0 radical (unpaired) electrons. The number of pyridine rings is 1. The molecule has 4 aromatic rings. The summed E-state index contributed by atoms with van der Waals surface area (Å²) in [6.45, 7) is 0.525. The van der Waals surface area contributed by atoms with Crippen molar-refractivity contribution in [3.05, 3.63) is 84.6 Å². The summed E-state index contributed by atoms with van der Waals surface area (Å²) in [5.41, 5.74) is 1.90. The van der Waals surface area contributed by atoms with Crippen LogP contribution in [0.3, 0.4) is 0 Å². The molecule has 0 bridgehead atoms. The Balaban J connectivity index is 1.32. The first-order chi connectivity index (χ1) is 13.8. The topological polar surface area (TPSA) is 77.6 Å². The average molecular weight is 374 g/mol. The van der Waals surface area contributed by atoms with Crippen molar-refractivity contribution in [1.29, 1.82) is 0 Å². The van der Waals surface area contributed by atoms with Crippen molar-refractivity contribution < 1.29 is 19.1 Å². The van der Waals surface area contributed by atoms with Gasteiger partial charge in [0.05, 0.1) is 6.61 Å². The van der Waals surface area contributed by atoms with Crippen molar-refractivity contribution in [2.24, 2.45) is 0 Å². The Morgan fingerprint density at radius 2 is 1.71 bits per heavy atom. The van der Waals surface area contributed by atoms with Crippen LogP contribution in [0.25, 0.3) is 11.3 Å². The minimum absolute atomic E-state index is 0.136. The highest BCUT2D eigenvalue weighted by molar-refractivity contribution is 5.58. The molecule has 0 unspecified atom stereocenters. The Labute approximate surface area is 162 Å². The van der Waals surface area contributed by atoms with Crippen LogP contribution in [0.5, 0.6) is 23.3 Å². The number of aromatic nitrogens is 2. The van der Waals surface area contributed by atoms with Crippen molar-refractivity contribution in [2.45, 2.75) is 6.42 Å². The number of benzene rings is 2. The standard InChI is InChI=1S/C22H18N2O4/c25-21-15-20(28-24-21)17-6-8-18(9-7-17)26-13-11-16-10-12-23-22(14-16)27-19-4-2-1-3-5-19/h1-10,12,14-15H,11,13H2,(H,24,25). The van der Waals surface area contributed by atoms with Crippen molar-refractivity contribution in [3.8, 4) is 34.6 Å². The van der Waals surface area contributed by atoms with Gasteiger partial charge >= 0.3 is 0 Å². The normalized spacial score (nSPS) is 10.6. The number of rotatable bonds is 7. The van der Waals surface area contributed by atoms with E-state index in [9.17, 15) is 5.11 Å². The van der Waals surface area contributed by atoms with Crippen LogP contribution in [-0.4, -0.2) is 21.9 Å². The van der Waals surface area contributed by atoms with Crippen LogP contribution in [0.4, 0.5) is 0 Å². The SMILES string of the molecule is Oc1cc(-c2ccc(OCCc3ccnc(Oc4ccccc4)c3)cc2)on1. The molecule has 140 valence electrons. The van der Waals surface area contributed by atoms with Gasteiger partial charge in [0, 0.05) is 30.3 Å². The molecule has 2 heterocycles. The molecule has 6 nitrogen and oxygen atoms in total. The van der Waals surface area contributed by atoms with E-state index in [1.165, 1.54) is 6.07 Å². The zero-order valence-electron chi connectivity index (χ0n) is 15.0. The summed E-state index contributed by atoms with van der Waals surface area (Å²) < 4.78 is 16.6. The van der Waals surface area contributed by atoms with Gasteiger partial charge < -0.3 is 19.1 Å². The van der Waals surface area contributed by atoms with E-state index < -0.39 is 0 Å². The monoisotopic (exact) mass is 374 g/mol. The fourth-order valence-corrected chi connectivity index (χ4v) is 2.68. The maximum atomic E-state index is 9.25. The van der Waals surface area contributed by atoms with E-state index >= 15 is 0 Å². The van der Waals surface area contributed by atoms with Crippen LogP contribution in [0.2, 0.25) is 0 Å². The molecular weight excluding hydrogens is 356 g/mol. The van der Waals surface area contributed by atoms with E-state index in [-0.39, 0.29) is 5.88 Å². The third-order valence-corrected chi connectivity index (χ3v) is 4.06. The van der Waals surface area contributed by atoms with Crippen LogP contribution >= 0.6 is 0 Å². The molecule has 6 heteroatoms. The first-order valence-corrected chi connectivity index (χ1v) is 8.83. The summed E-state index contributed by atoms with van der Waals surface area (Å²) in [7, 11) is 0. The molecule has 2 aromatic heterocycles. The minimum atomic E-state index is -0.136. The molecular formula is C22H18N2O4. The maximum absolute atomic E-state index is 9.25. The summed E-state index contributed by atoms with van der Waals surface area (Å²) in [5.74, 6) is 2.43. The quantitative estimate of drug-likeness (QED) is 0.498. The zero-order chi connectivity index (χ0) is 19.2. The predicted molar refractivity (Wildman–Crippen MR) is 104 cm³/mol. The van der Waals surface area contributed by atoms with Gasteiger partial charge in [-0.2, -0.15) is 0 Å². The Morgan fingerprint density at radius 1 is 0.893 bits per heavy atom. The van der Waals surface area contributed by atoms with Crippen molar-refractivity contribution in [1.82, 2.24) is 10.1 Å². The van der Waals surface area contributed by atoms with Gasteiger partial charge in [0.25, 0.3) is 5.88 Å². The number of para-hydroxylation sites is 1. The summed E-state index contributed by atoms with van der Waals surface area (Å²) in [6, 6.07) is 22.3. The Kier molecular flexibility index (Phi) is 5.20. The molecule has 0 atom stereocenters. The van der Waals surface area contributed by atoms with Crippen molar-refractivity contribution >= 4 is 0 Å².